The van der Waals surface area contributed by atoms with Crippen molar-refractivity contribution in [3.05, 3.63) is 71.0 Å². The van der Waals surface area contributed by atoms with Gasteiger partial charge < -0.3 is 15.4 Å². The number of carbonyl (C=O) groups is 5. The van der Waals surface area contributed by atoms with Gasteiger partial charge in [0, 0.05) is 29.9 Å². The van der Waals surface area contributed by atoms with Gasteiger partial charge in [-0.05, 0) is 62.9 Å². The highest BCUT2D eigenvalue weighted by molar-refractivity contribution is 7.88. The van der Waals surface area contributed by atoms with Crippen molar-refractivity contribution in [1.29, 1.82) is 0 Å². The average molecular weight is 735 g/mol. The number of benzene rings is 2. The highest BCUT2D eigenvalue weighted by Gasteiger charge is 2.45. The van der Waals surface area contributed by atoms with Gasteiger partial charge in [-0.15, -0.1) is 5.10 Å². The van der Waals surface area contributed by atoms with Crippen LogP contribution in [0.4, 0.5) is 11.4 Å². The van der Waals surface area contributed by atoms with E-state index < -0.39 is 45.2 Å². The van der Waals surface area contributed by atoms with Gasteiger partial charge in [-0.2, -0.15) is 4.31 Å². The van der Waals surface area contributed by atoms with Gasteiger partial charge in [0.2, 0.25) is 27.7 Å². The summed E-state index contributed by atoms with van der Waals surface area (Å²) >= 11 is 0. The lowest BCUT2D eigenvalue weighted by Gasteiger charge is -2.41. The van der Waals surface area contributed by atoms with Gasteiger partial charge in [-0.3, -0.25) is 34.2 Å². The second-order valence-corrected chi connectivity index (χ2v) is 15.6. The van der Waals surface area contributed by atoms with Gasteiger partial charge in [-0.1, -0.05) is 29.8 Å². The first kappa shape index (κ1) is 36.8. The summed E-state index contributed by atoms with van der Waals surface area (Å²) in [5, 5.41) is 16.4. The molecule has 1 atom stereocenters. The Morgan fingerprint density at radius 1 is 1.06 bits per heavy atom. The van der Waals surface area contributed by atoms with Crippen molar-refractivity contribution in [3.63, 3.8) is 0 Å². The summed E-state index contributed by atoms with van der Waals surface area (Å²) in [7, 11) is -3.52. The second-order valence-electron chi connectivity index (χ2n) is 13.7. The monoisotopic (exact) mass is 734 g/mol. The number of hydrogen-bond acceptors (Lipinski definition) is 11. The number of sulfonamides is 1. The van der Waals surface area contributed by atoms with E-state index in [1.807, 2.05) is 13.8 Å². The Hall–Kier alpha value is -5.00. The molecule has 17 heteroatoms. The molecule has 2 saturated heterocycles. The number of rotatable bonds is 14. The molecule has 1 unspecified atom stereocenters. The Balaban J connectivity index is 0.932. The van der Waals surface area contributed by atoms with Crippen molar-refractivity contribution >= 4 is 50.9 Å². The van der Waals surface area contributed by atoms with E-state index in [1.54, 1.807) is 51.6 Å². The highest BCUT2D eigenvalue weighted by atomic mass is 32.2. The van der Waals surface area contributed by atoms with Crippen LogP contribution in [-0.2, 0) is 48.0 Å². The molecule has 0 aliphatic carbocycles. The Labute approximate surface area is 301 Å². The van der Waals surface area contributed by atoms with Crippen molar-refractivity contribution in [2.75, 3.05) is 30.4 Å². The van der Waals surface area contributed by atoms with Crippen LogP contribution in [0.3, 0.4) is 0 Å². The van der Waals surface area contributed by atoms with Gasteiger partial charge in [0.05, 0.1) is 55.8 Å². The largest absolute Gasteiger partial charge is 0.379 e. The van der Waals surface area contributed by atoms with Gasteiger partial charge in [0.1, 0.15) is 11.7 Å². The third-order valence-electron chi connectivity index (χ3n) is 9.42. The van der Waals surface area contributed by atoms with E-state index in [0.29, 0.717) is 35.7 Å². The first-order valence-corrected chi connectivity index (χ1v) is 18.9. The molecule has 3 N–H and O–H groups in total. The van der Waals surface area contributed by atoms with E-state index in [1.165, 1.54) is 6.07 Å². The molecule has 0 radical (unpaired) electrons. The lowest BCUT2D eigenvalue weighted by molar-refractivity contribution is -0.136. The molecule has 0 saturated carbocycles. The zero-order chi connectivity index (χ0) is 37.0. The number of anilines is 2. The lowest BCUT2D eigenvalue weighted by atomic mass is 9.93. The topological polar surface area (TPSA) is 202 Å². The second kappa shape index (κ2) is 15.3. The maximum Gasteiger partial charge on any atom is 0.264 e. The molecule has 1 aromatic heterocycles. The van der Waals surface area contributed by atoms with Crippen LogP contribution in [0.1, 0.15) is 84.3 Å². The molecule has 276 valence electrons. The van der Waals surface area contributed by atoms with Crippen molar-refractivity contribution in [2.45, 2.75) is 82.8 Å². The third kappa shape index (κ3) is 8.21. The van der Waals surface area contributed by atoms with Gasteiger partial charge in [0.25, 0.3) is 11.8 Å². The average Bonchev–Trinajstić information content (AvgIpc) is 3.64. The molecule has 52 heavy (non-hydrogen) atoms. The van der Waals surface area contributed by atoms with E-state index >= 15 is 0 Å². The molecular formula is C35H42N8O8S. The molecule has 4 heterocycles. The molecular weight excluding hydrogens is 692 g/mol. The normalized spacial score (nSPS) is 19.0. The van der Waals surface area contributed by atoms with Crippen LogP contribution in [0, 0.1) is 0 Å². The third-order valence-corrected chi connectivity index (χ3v) is 11.5. The molecule has 16 nitrogen and oxygen atoms in total. The van der Waals surface area contributed by atoms with Crippen molar-refractivity contribution in [1.82, 2.24) is 29.5 Å². The minimum absolute atomic E-state index is 0.0371. The summed E-state index contributed by atoms with van der Waals surface area (Å²) in [6.07, 6.45) is 4.59. The number of imide groups is 2. The Kier molecular flexibility index (Phi) is 10.8. The van der Waals surface area contributed by atoms with Crippen LogP contribution < -0.4 is 16.0 Å². The molecule has 2 fully saturated rings. The number of nitrogens with one attached hydrogen (secondary N) is 3. The van der Waals surface area contributed by atoms with E-state index in [0.717, 1.165) is 24.2 Å². The number of amides is 5. The molecule has 6 rings (SSSR count). The number of hydrogen-bond donors (Lipinski definition) is 3. The predicted octanol–water partition coefficient (Wildman–Crippen LogP) is 2.43. The Morgan fingerprint density at radius 3 is 2.65 bits per heavy atom. The molecule has 2 aromatic carbocycles. The summed E-state index contributed by atoms with van der Waals surface area (Å²) in [5.74, 6) is -2.71. The van der Waals surface area contributed by atoms with Crippen LogP contribution in [0.15, 0.2) is 48.7 Å². The molecule has 3 aromatic rings. The first-order valence-electron chi connectivity index (χ1n) is 17.3. The van der Waals surface area contributed by atoms with Crippen LogP contribution >= 0.6 is 0 Å². The van der Waals surface area contributed by atoms with E-state index in [2.05, 4.69) is 26.3 Å². The summed E-state index contributed by atoms with van der Waals surface area (Å²) < 4.78 is 35.2. The number of aromatic nitrogens is 3. The van der Waals surface area contributed by atoms with Crippen LogP contribution in [0.2, 0.25) is 0 Å². The fourth-order valence-electron chi connectivity index (χ4n) is 6.81. The summed E-state index contributed by atoms with van der Waals surface area (Å²) in [6, 6.07) is 10.6. The molecule has 5 amide bonds. The minimum Gasteiger partial charge on any atom is -0.379 e. The highest BCUT2D eigenvalue weighted by Crippen LogP contribution is 2.33. The Morgan fingerprint density at radius 2 is 1.87 bits per heavy atom. The van der Waals surface area contributed by atoms with E-state index in [9.17, 15) is 32.4 Å². The standard InChI is InChI=1S/C35H42N8O8S/c1-35(2)14-3-4-15-42(35)52(49,50)22-23-7-5-8-24(19-23)37-30(45)13-17-51-18-16-41-21-25(39-40-41)20-36-27-10-6-9-26-31(27)34(48)43(33(26)47)28-11-12-29(44)38-32(28)46/h5-10,19,21,28,36H,3-4,11-18,20,22H2,1-2H3,(H,37,45)(H,38,44,46). The summed E-state index contributed by atoms with van der Waals surface area (Å²) in [5.41, 5.74) is 1.99. The zero-order valence-electron chi connectivity index (χ0n) is 29.1. The van der Waals surface area contributed by atoms with Crippen molar-refractivity contribution < 1.29 is 37.1 Å². The van der Waals surface area contributed by atoms with Crippen molar-refractivity contribution in [3.8, 4) is 0 Å². The van der Waals surface area contributed by atoms with Crippen LogP contribution in [0.5, 0.6) is 0 Å². The van der Waals surface area contributed by atoms with E-state index in [4.69, 9.17) is 4.74 Å². The number of piperidine rings is 2. The smallest absolute Gasteiger partial charge is 0.264 e. The fourth-order valence-corrected chi connectivity index (χ4v) is 8.82. The number of fused-ring (bicyclic) bond motifs is 1. The maximum atomic E-state index is 13.3. The fraction of sp³-hybridized carbons (Fsp3) is 0.457. The first-order chi connectivity index (χ1) is 24.8. The number of nitrogens with zero attached hydrogens (tertiary/aromatic N) is 5. The summed E-state index contributed by atoms with van der Waals surface area (Å²) in [6.45, 7) is 5.42. The van der Waals surface area contributed by atoms with Crippen LogP contribution in [-0.4, -0.2) is 93.5 Å². The van der Waals surface area contributed by atoms with Gasteiger partial charge in [-0.25, -0.2) is 13.1 Å². The maximum absolute atomic E-state index is 13.3. The number of ether oxygens (including phenoxy) is 1. The lowest BCUT2D eigenvalue weighted by Crippen LogP contribution is -2.54. The number of carbonyl (C=O) groups excluding carboxylic acids is 5. The zero-order valence-corrected chi connectivity index (χ0v) is 29.9. The molecule has 3 aliphatic rings. The van der Waals surface area contributed by atoms with Crippen LogP contribution in [0.25, 0.3) is 0 Å². The quantitative estimate of drug-likeness (QED) is 0.162. The molecule has 3 aliphatic heterocycles. The minimum atomic E-state index is -3.52. The van der Waals surface area contributed by atoms with Crippen molar-refractivity contribution in [2.24, 2.45) is 0 Å². The predicted molar refractivity (Wildman–Crippen MR) is 188 cm³/mol. The van der Waals surface area contributed by atoms with E-state index in [-0.39, 0.29) is 61.8 Å². The van der Waals surface area contributed by atoms with Gasteiger partial charge >= 0.3 is 0 Å². The Bertz CT molecular complexity index is 1990. The summed E-state index contributed by atoms with van der Waals surface area (Å²) in [4.78, 5) is 63.8. The SMILES string of the molecule is CC1(C)CCCCN1S(=O)(=O)Cc1cccc(NC(=O)CCOCCn2cc(CNc3cccc4c3C(=O)N(C3CCC(=O)NC3=O)C4=O)nn2)c1. The van der Waals surface area contributed by atoms with Gasteiger partial charge in [0.15, 0.2) is 0 Å². The molecule has 0 spiro atoms. The molecule has 0 bridgehead atoms.